The van der Waals surface area contributed by atoms with Gasteiger partial charge in [-0.05, 0) is 6.42 Å². The first kappa shape index (κ1) is 12.9. The lowest BCUT2D eigenvalue weighted by Gasteiger charge is -2.08. The summed E-state index contributed by atoms with van der Waals surface area (Å²) >= 11 is 6.08. The third-order valence-electron chi connectivity index (χ3n) is 3.14. The van der Waals surface area contributed by atoms with Crippen LogP contribution < -0.4 is 5.32 Å². The molecule has 0 saturated heterocycles. The Morgan fingerprint density at radius 2 is 1.95 bits per heavy atom. The zero-order valence-electron chi connectivity index (χ0n) is 11.3. The first-order valence-electron chi connectivity index (χ1n) is 6.39. The maximum absolute atomic E-state index is 6.08. The number of aromatic nitrogens is 4. The van der Waals surface area contributed by atoms with E-state index in [0.29, 0.717) is 11.0 Å². The van der Waals surface area contributed by atoms with Gasteiger partial charge in [-0.2, -0.15) is 5.10 Å². The maximum atomic E-state index is 6.08. The van der Waals surface area contributed by atoms with E-state index in [2.05, 4.69) is 27.5 Å². The van der Waals surface area contributed by atoms with Crippen LogP contribution in [0, 0.1) is 0 Å². The van der Waals surface area contributed by atoms with Crippen LogP contribution in [0.5, 0.6) is 0 Å². The molecule has 0 radical (unpaired) electrons. The molecule has 0 aliphatic carbocycles. The van der Waals surface area contributed by atoms with Crippen molar-refractivity contribution in [2.75, 3.05) is 5.32 Å². The highest BCUT2D eigenvalue weighted by atomic mass is 35.5. The molecule has 0 saturated carbocycles. The standard InChI is InChI=1S/C14H14ClN5/c1-3-11-12(8-20(2)19-11)16-14-10-7-5-4-6-9(10)13(15)17-18-14/h4-8H,3H2,1-2H3,(H,16,18). The third kappa shape index (κ3) is 2.20. The van der Waals surface area contributed by atoms with Gasteiger partial charge in [0, 0.05) is 24.0 Å². The second kappa shape index (κ2) is 5.09. The Balaban J connectivity index is 2.09. The summed E-state index contributed by atoms with van der Waals surface area (Å²) in [7, 11) is 1.90. The lowest BCUT2D eigenvalue weighted by atomic mass is 10.2. The first-order valence-corrected chi connectivity index (χ1v) is 6.77. The largest absolute Gasteiger partial charge is 0.335 e. The number of hydrogen-bond donors (Lipinski definition) is 1. The van der Waals surface area contributed by atoms with Crippen molar-refractivity contribution < 1.29 is 0 Å². The van der Waals surface area contributed by atoms with Crippen molar-refractivity contribution in [1.82, 2.24) is 20.0 Å². The predicted octanol–water partition coefficient (Wildman–Crippen LogP) is 3.32. The molecule has 1 N–H and O–H groups in total. The monoisotopic (exact) mass is 287 g/mol. The minimum Gasteiger partial charge on any atom is -0.335 e. The van der Waals surface area contributed by atoms with Crippen LogP contribution in [0.3, 0.4) is 0 Å². The number of halogens is 1. The van der Waals surface area contributed by atoms with Crippen molar-refractivity contribution >= 4 is 33.9 Å². The normalized spacial score (nSPS) is 10.9. The van der Waals surface area contributed by atoms with Gasteiger partial charge in [0.2, 0.25) is 0 Å². The van der Waals surface area contributed by atoms with Gasteiger partial charge < -0.3 is 5.32 Å². The minimum absolute atomic E-state index is 0.410. The average molecular weight is 288 g/mol. The molecule has 3 aromatic rings. The molecule has 0 aliphatic heterocycles. The van der Waals surface area contributed by atoms with Crippen molar-refractivity contribution in [2.24, 2.45) is 7.05 Å². The average Bonchev–Trinajstić information content (AvgIpc) is 2.82. The molecule has 1 aromatic carbocycles. The zero-order valence-corrected chi connectivity index (χ0v) is 12.0. The van der Waals surface area contributed by atoms with Crippen LogP contribution in [0.2, 0.25) is 5.15 Å². The summed E-state index contributed by atoms with van der Waals surface area (Å²) in [4.78, 5) is 0. The highest BCUT2D eigenvalue weighted by molar-refractivity contribution is 6.34. The highest BCUT2D eigenvalue weighted by Crippen LogP contribution is 2.28. The number of aryl methyl sites for hydroxylation is 2. The molecule has 3 rings (SSSR count). The van der Waals surface area contributed by atoms with Crippen molar-refractivity contribution in [3.05, 3.63) is 41.3 Å². The summed E-state index contributed by atoms with van der Waals surface area (Å²) in [6.07, 6.45) is 2.78. The number of rotatable bonds is 3. The molecular formula is C14H14ClN5. The molecule has 0 amide bonds. The number of nitrogens with zero attached hydrogens (tertiary/aromatic N) is 4. The van der Waals surface area contributed by atoms with E-state index in [1.165, 1.54) is 0 Å². The van der Waals surface area contributed by atoms with Gasteiger partial charge in [-0.25, -0.2) is 0 Å². The fourth-order valence-corrected chi connectivity index (χ4v) is 2.39. The summed E-state index contributed by atoms with van der Waals surface area (Å²) < 4.78 is 1.78. The topological polar surface area (TPSA) is 55.6 Å². The van der Waals surface area contributed by atoms with Crippen LogP contribution in [0.15, 0.2) is 30.5 Å². The Morgan fingerprint density at radius 1 is 1.20 bits per heavy atom. The quantitative estimate of drug-likeness (QED) is 0.803. The van der Waals surface area contributed by atoms with E-state index in [1.807, 2.05) is 37.5 Å². The Kier molecular flexibility index (Phi) is 3.28. The van der Waals surface area contributed by atoms with E-state index in [1.54, 1.807) is 4.68 Å². The molecule has 0 fully saturated rings. The van der Waals surface area contributed by atoms with Crippen LogP contribution in [0.1, 0.15) is 12.6 Å². The van der Waals surface area contributed by atoms with Gasteiger partial charge in [-0.1, -0.05) is 42.8 Å². The molecule has 102 valence electrons. The second-order valence-electron chi connectivity index (χ2n) is 4.53. The van der Waals surface area contributed by atoms with Crippen LogP contribution in [0.4, 0.5) is 11.5 Å². The molecule has 5 nitrogen and oxygen atoms in total. The van der Waals surface area contributed by atoms with Gasteiger partial charge in [0.1, 0.15) is 0 Å². The smallest absolute Gasteiger partial charge is 0.161 e. The van der Waals surface area contributed by atoms with Crippen molar-refractivity contribution in [1.29, 1.82) is 0 Å². The molecule has 0 spiro atoms. The van der Waals surface area contributed by atoms with E-state index in [9.17, 15) is 0 Å². The fraction of sp³-hybridized carbons (Fsp3) is 0.214. The third-order valence-corrected chi connectivity index (χ3v) is 3.41. The van der Waals surface area contributed by atoms with E-state index in [4.69, 9.17) is 11.6 Å². The van der Waals surface area contributed by atoms with Crippen LogP contribution in [-0.2, 0) is 13.5 Å². The first-order chi connectivity index (χ1) is 9.69. The van der Waals surface area contributed by atoms with Crippen molar-refractivity contribution in [3.63, 3.8) is 0 Å². The van der Waals surface area contributed by atoms with E-state index < -0.39 is 0 Å². The summed E-state index contributed by atoms with van der Waals surface area (Å²) in [5, 5.41) is 18.1. The Labute approximate surface area is 121 Å². The molecule has 2 heterocycles. The lowest BCUT2D eigenvalue weighted by Crippen LogP contribution is -1.98. The zero-order chi connectivity index (χ0) is 14.1. The molecule has 0 unspecified atom stereocenters. The fourth-order valence-electron chi connectivity index (χ4n) is 2.19. The maximum Gasteiger partial charge on any atom is 0.161 e. The van der Waals surface area contributed by atoms with Crippen LogP contribution >= 0.6 is 11.6 Å². The summed E-state index contributed by atoms with van der Waals surface area (Å²) in [6.45, 7) is 2.07. The number of nitrogens with one attached hydrogen (secondary N) is 1. The highest BCUT2D eigenvalue weighted by Gasteiger charge is 2.11. The van der Waals surface area contributed by atoms with E-state index in [0.717, 1.165) is 28.6 Å². The van der Waals surface area contributed by atoms with Gasteiger partial charge in [0.15, 0.2) is 11.0 Å². The van der Waals surface area contributed by atoms with Crippen LogP contribution in [-0.4, -0.2) is 20.0 Å². The summed E-state index contributed by atoms with van der Waals surface area (Å²) in [5.74, 6) is 0.688. The second-order valence-corrected chi connectivity index (χ2v) is 4.88. The Bertz CT molecular complexity index is 765. The molecule has 6 heteroatoms. The van der Waals surface area contributed by atoms with E-state index in [-0.39, 0.29) is 0 Å². The van der Waals surface area contributed by atoms with Crippen LogP contribution in [0.25, 0.3) is 10.8 Å². The molecule has 0 aliphatic rings. The predicted molar refractivity (Wildman–Crippen MR) is 80.4 cm³/mol. The van der Waals surface area contributed by atoms with Gasteiger partial charge in [0.05, 0.1) is 11.4 Å². The minimum atomic E-state index is 0.410. The number of benzene rings is 1. The summed E-state index contributed by atoms with van der Waals surface area (Å²) in [6, 6.07) is 7.79. The van der Waals surface area contributed by atoms with Gasteiger partial charge in [0.25, 0.3) is 0 Å². The van der Waals surface area contributed by atoms with Gasteiger partial charge in [-0.3, -0.25) is 4.68 Å². The lowest BCUT2D eigenvalue weighted by molar-refractivity contribution is 0.746. The number of anilines is 2. The molecule has 0 bridgehead atoms. The van der Waals surface area contributed by atoms with E-state index >= 15 is 0 Å². The van der Waals surface area contributed by atoms with Gasteiger partial charge >= 0.3 is 0 Å². The molecule has 0 atom stereocenters. The van der Waals surface area contributed by atoms with Gasteiger partial charge in [-0.15, -0.1) is 10.2 Å². The Morgan fingerprint density at radius 3 is 2.70 bits per heavy atom. The molecule has 2 aromatic heterocycles. The van der Waals surface area contributed by atoms with Crippen molar-refractivity contribution in [2.45, 2.75) is 13.3 Å². The number of fused-ring (bicyclic) bond motifs is 1. The van der Waals surface area contributed by atoms with Crippen molar-refractivity contribution in [3.8, 4) is 0 Å². The summed E-state index contributed by atoms with van der Waals surface area (Å²) in [5.41, 5.74) is 1.94. The number of hydrogen-bond acceptors (Lipinski definition) is 4. The Hall–Kier alpha value is -2.14. The molecular weight excluding hydrogens is 274 g/mol. The molecule has 20 heavy (non-hydrogen) atoms. The SMILES string of the molecule is CCc1nn(C)cc1Nc1nnc(Cl)c2ccccc12.